The molecule has 1 aliphatic carbocycles. The van der Waals surface area contributed by atoms with Gasteiger partial charge in [-0.15, -0.1) is 0 Å². The fraction of sp³-hybridized carbons (Fsp3) is 0.462. The molecule has 0 unspecified atom stereocenters. The monoisotopic (exact) mass is 319 g/mol. The van der Waals surface area contributed by atoms with Crippen LogP contribution in [0.15, 0.2) is 17.0 Å². The molecule has 1 saturated carbocycles. The number of carbonyl (C=O) groups is 1. The largest absolute Gasteiger partial charge is 0.477 e. The van der Waals surface area contributed by atoms with Gasteiger partial charge in [-0.2, -0.15) is 0 Å². The van der Waals surface area contributed by atoms with Crippen LogP contribution in [-0.2, 0) is 10.0 Å². The van der Waals surface area contributed by atoms with Gasteiger partial charge in [-0.05, 0) is 31.9 Å². The molecule has 0 atom stereocenters. The molecular formula is C13H15F2NO4S. The molecule has 0 amide bonds. The maximum Gasteiger partial charge on any atom is 0.341 e. The summed E-state index contributed by atoms with van der Waals surface area (Å²) in [7, 11) is -4.26. The van der Waals surface area contributed by atoms with Crippen LogP contribution in [0, 0.1) is 11.6 Å². The van der Waals surface area contributed by atoms with Gasteiger partial charge in [-0.25, -0.2) is 26.7 Å². The summed E-state index contributed by atoms with van der Waals surface area (Å²) in [4.78, 5) is 9.98. The minimum Gasteiger partial charge on any atom is -0.477 e. The van der Waals surface area contributed by atoms with Gasteiger partial charge in [0.2, 0.25) is 10.0 Å². The van der Waals surface area contributed by atoms with Gasteiger partial charge in [0.15, 0.2) is 5.82 Å². The van der Waals surface area contributed by atoms with Crippen LogP contribution in [0.1, 0.15) is 43.0 Å². The molecule has 1 fully saturated rings. The fourth-order valence-corrected chi connectivity index (χ4v) is 4.12. The Morgan fingerprint density at radius 2 is 1.86 bits per heavy atom. The lowest BCUT2D eigenvalue weighted by Crippen LogP contribution is -2.43. The molecule has 5 nitrogen and oxygen atoms in total. The number of sulfonamides is 1. The van der Waals surface area contributed by atoms with Crippen LogP contribution in [0.5, 0.6) is 0 Å². The number of benzene rings is 1. The van der Waals surface area contributed by atoms with E-state index in [9.17, 15) is 22.0 Å². The van der Waals surface area contributed by atoms with Crippen molar-refractivity contribution in [3.63, 3.8) is 0 Å². The normalized spacial score (nSPS) is 17.9. The van der Waals surface area contributed by atoms with Gasteiger partial charge in [0.1, 0.15) is 16.3 Å². The zero-order valence-electron chi connectivity index (χ0n) is 11.3. The second-order valence-electron chi connectivity index (χ2n) is 5.41. The first kappa shape index (κ1) is 15.8. The Bertz CT molecular complexity index is 682. The van der Waals surface area contributed by atoms with Crippen LogP contribution in [0.4, 0.5) is 8.78 Å². The number of hydrogen-bond acceptors (Lipinski definition) is 3. The zero-order chi connectivity index (χ0) is 15.8. The summed E-state index contributed by atoms with van der Waals surface area (Å²) < 4.78 is 54.2. The molecule has 0 aliphatic heterocycles. The van der Waals surface area contributed by atoms with Crippen molar-refractivity contribution in [2.24, 2.45) is 0 Å². The standard InChI is InChI=1S/C13H15F2NO4S/c1-13(6-2-3-7-13)16-21(19,20)9-5-4-8(14)10(11(9)15)12(17)18/h4-5,16H,2-3,6-7H2,1H3,(H,17,18). The topological polar surface area (TPSA) is 83.5 Å². The molecule has 1 aliphatic rings. The molecule has 0 spiro atoms. The number of hydrogen-bond donors (Lipinski definition) is 2. The molecule has 0 heterocycles. The van der Waals surface area contributed by atoms with E-state index in [1.165, 1.54) is 0 Å². The molecule has 2 N–H and O–H groups in total. The molecule has 2 rings (SSSR count). The third-order valence-corrected chi connectivity index (χ3v) is 5.30. The summed E-state index contributed by atoms with van der Waals surface area (Å²) in [5, 5.41) is 8.78. The second kappa shape index (κ2) is 5.34. The number of rotatable bonds is 4. The Labute approximate surface area is 121 Å². The fourth-order valence-electron chi connectivity index (χ4n) is 2.57. The molecule has 0 aromatic heterocycles. The highest BCUT2D eigenvalue weighted by atomic mass is 32.2. The Morgan fingerprint density at radius 1 is 1.29 bits per heavy atom. The van der Waals surface area contributed by atoms with E-state index in [0.29, 0.717) is 18.9 Å². The predicted molar refractivity (Wildman–Crippen MR) is 70.5 cm³/mol. The van der Waals surface area contributed by atoms with Crippen molar-refractivity contribution in [1.29, 1.82) is 0 Å². The first-order valence-corrected chi connectivity index (χ1v) is 7.90. The van der Waals surface area contributed by atoms with Crippen LogP contribution in [0.3, 0.4) is 0 Å². The Morgan fingerprint density at radius 3 is 2.38 bits per heavy atom. The van der Waals surface area contributed by atoms with E-state index < -0.39 is 43.6 Å². The SMILES string of the molecule is CC1(NS(=O)(=O)c2ccc(F)c(C(=O)O)c2F)CCCC1. The van der Waals surface area contributed by atoms with Crippen LogP contribution in [0.2, 0.25) is 0 Å². The average molecular weight is 319 g/mol. The molecule has 1 aromatic rings. The van der Waals surface area contributed by atoms with Gasteiger partial charge in [-0.1, -0.05) is 12.8 Å². The number of halogens is 2. The first-order valence-electron chi connectivity index (χ1n) is 6.42. The minimum absolute atomic E-state index is 0.612. The Hall–Kier alpha value is -1.54. The number of carboxylic acids is 1. The van der Waals surface area contributed by atoms with Crippen molar-refractivity contribution in [2.45, 2.75) is 43.0 Å². The van der Waals surface area contributed by atoms with Crippen molar-refractivity contribution in [1.82, 2.24) is 4.72 Å². The Kier molecular flexibility index (Phi) is 4.03. The van der Waals surface area contributed by atoms with Crippen LogP contribution < -0.4 is 4.72 Å². The van der Waals surface area contributed by atoms with Gasteiger partial charge >= 0.3 is 5.97 Å². The first-order chi connectivity index (χ1) is 9.66. The van der Waals surface area contributed by atoms with Crippen molar-refractivity contribution in [3.8, 4) is 0 Å². The molecule has 0 saturated heterocycles. The van der Waals surface area contributed by atoms with Gasteiger partial charge < -0.3 is 5.11 Å². The van der Waals surface area contributed by atoms with E-state index in [1.807, 2.05) is 0 Å². The summed E-state index contributed by atoms with van der Waals surface area (Å²) in [5.74, 6) is -4.75. The van der Waals surface area contributed by atoms with E-state index in [-0.39, 0.29) is 0 Å². The third-order valence-electron chi connectivity index (χ3n) is 3.65. The molecular weight excluding hydrogens is 304 g/mol. The number of nitrogens with one attached hydrogen (secondary N) is 1. The molecule has 8 heteroatoms. The van der Waals surface area contributed by atoms with Gasteiger partial charge in [0.25, 0.3) is 0 Å². The molecule has 21 heavy (non-hydrogen) atoms. The van der Waals surface area contributed by atoms with Crippen LogP contribution >= 0.6 is 0 Å². The lowest BCUT2D eigenvalue weighted by atomic mass is 10.0. The van der Waals surface area contributed by atoms with E-state index in [2.05, 4.69) is 4.72 Å². The maximum absolute atomic E-state index is 14.0. The van der Waals surface area contributed by atoms with Gasteiger partial charge in [0, 0.05) is 5.54 Å². The summed E-state index contributed by atoms with van der Waals surface area (Å²) in [5.41, 5.74) is -1.96. The Balaban J connectivity index is 2.46. The maximum atomic E-state index is 14.0. The highest BCUT2D eigenvalue weighted by Crippen LogP contribution is 2.31. The van der Waals surface area contributed by atoms with Gasteiger partial charge in [0.05, 0.1) is 0 Å². The summed E-state index contributed by atoms with van der Waals surface area (Å²) in [6, 6.07) is 1.37. The highest BCUT2D eigenvalue weighted by Gasteiger charge is 2.35. The quantitative estimate of drug-likeness (QED) is 0.892. The van der Waals surface area contributed by atoms with Gasteiger partial charge in [-0.3, -0.25) is 0 Å². The third kappa shape index (κ3) is 3.06. The molecule has 0 radical (unpaired) electrons. The van der Waals surface area contributed by atoms with Crippen molar-refractivity contribution < 1.29 is 27.1 Å². The average Bonchev–Trinajstić information content (AvgIpc) is 2.73. The van der Waals surface area contributed by atoms with E-state index >= 15 is 0 Å². The van der Waals surface area contributed by atoms with Crippen LogP contribution in [-0.4, -0.2) is 25.0 Å². The van der Waals surface area contributed by atoms with Crippen molar-refractivity contribution >= 4 is 16.0 Å². The highest BCUT2D eigenvalue weighted by molar-refractivity contribution is 7.89. The molecule has 116 valence electrons. The number of carboxylic acid groups (broad SMARTS) is 1. The van der Waals surface area contributed by atoms with E-state index in [0.717, 1.165) is 18.9 Å². The number of aromatic carboxylic acids is 1. The summed E-state index contributed by atoms with van der Waals surface area (Å²) >= 11 is 0. The molecule has 0 bridgehead atoms. The van der Waals surface area contributed by atoms with Crippen molar-refractivity contribution in [3.05, 3.63) is 29.3 Å². The minimum atomic E-state index is -4.26. The van der Waals surface area contributed by atoms with Crippen LogP contribution in [0.25, 0.3) is 0 Å². The summed E-state index contributed by atoms with van der Waals surface area (Å²) in [6.45, 7) is 1.71. The van der Waals surface area contributed by atoms with E-state index in [4.69, 9.17) is 5.11 Å². The second-order valence-corrected chi connectivity index (χ2v) is 7.06. The smallest absolute Gasteiger partial charge is 0.341 e. The van der Waals surface area contributed by atoms with E-state index in [1.54, 1.807) is 6.92 Å². The summed E-state index contributed by atoms with van der Waals surface area (Å²) in [6.07, 6.45) is 2.93. The lowest BCUT2D eigenvalue weighted by molar-refractivity contribution is 0.0685. The molecule has 1 aromatic carbocycles. The zero-order valence-corrected chi connectivity index (χ0v) is 12.1. The predicted octanol–water partition coefficient (Wildman–Crippen LogP) is 2.27. The van der Waals surface area contributed by atoms with Crippen molar-refractivity contribution in [2.75, 3.05) is 0 Å². The lowest BCUT2D eigenvalue weighted by Gasteiger charge is -2.25.